The molecule has 172 valence electrons. The van der Waals surface area contributed by atoms with Crippen LogP contribution in [-0.2, 0) is 14.8 Å². The van der Waals surface area contributed by atoms with Gasteiger partial charge in [-0.15, -0.1) is 0 Å². The van der Waals surface area contributed by atoms with Gasteiger partial charge < -0.3 is 10.1 Å². The van der Waals surface area contributed by atoms with E-state index >= 15 is 0 Å². The van der Waals surface area contributed by atoms with Crippen molar-refractivity contribution >= 4 is 60.6 Å². The smallest absolute Gasteiger partial charge is 0.264 e. The summed E-state index contributed by atoms with van der Waals surface area (Å²) >= 11 is 8.47. The average Bonchev–Trinajstić information content (AvgIpc) is 2.75. The number of carbonyl (C=O) groups is 1. The van der Waals surface area contributed by atoms with Crippen LogP contribution in [0.4, 0.5) is 11.4 Å². The van der Waals surface area contributed by atoms with Gasteiger partial charge in [0.05, 0.1) is 10.6 Å². The Bertz CT molecular complexity index is 1260. The Hall–Kier alpha value is -2.95. The predicted molar refractivity (Wildman–Crippen MR) is 137 cm³/mol. The lowest BCUT2D eigenvalue weighted by Gasteiger charge is -2.13. The number of ether oxygens (including phenoxy) is 1. The van der Waals surface area contributed by atoms with Gasteiger partial charge in [0.15, 0.2) is 11.7 Å². The van der Waals surface area contributed by atoms with E-state index in [2.05, 4.69) is 31.3 Å². The second-order valence-electron chi connectivity index (χ2n) is 7.19. The molecule has 0 saturated heterocycles. The van der Waals surface area contributed by atoms with Crippen LogP contribution in [0.25, 0.3) is 0 Å². The zero-order valence-corrected chi connectivity index (χ0v) is 21.1. The lowest BCUT2D eigenvalue weighted by Crippen LogP contribution is -2.37. The fourth-order valence-electron chi connectivity index (χ4n) is 2.85. The molecule has 0 fully saturated rings. The van der Waals surface area contributed by atoms with Crippen molar-refractivity contribution in [3.05, 3.63) is 82.3 Å². The van der Waals surface area contributed by atoms with E-state index in [1.807, 2.05) is 26.0 Å². The van der Waals surface area contributed by atoms with Crippen LogP contribution in [0.5, 0.6) is 5.75 Å². The number of hydrogen-bond acceptors (Lipinski definition) is 5. The zero-order chi connectivity index (χ0) is 24.0. The van der Waals surface area contributed by atoms with Crippen molar-refractivity contribution in [2.45, 2.75) is 18.7 Å². The maximum atomic E-state index is 12.7. The Balaban J connectivity index is 1.54. The fourth-order valence-corrected chi connectivity index (χ4v) is 4.48. The number of aryl methyl sites for hydroxylation is 2. The Labute approximate surface area is 206 Å². The molecule has 0 spiro atoms. The van der Waals surface area contributed by atoms with E-state index < -0.39 is 15.9 Å². The monoisotopic (exact) mass is 547 g/mol. The molecule has 0 radical (unpaired) electrons. The van der Waals surface area contributed by atoms with Gasteiger partial charge in [0.25, 0.3) is 15.9 Å². The third-order valence-corrected chi connectivity index (χ3v) is 6.60. The van der Waals surface area contributed by atoms with E-state index in [9.17, 15) is 13.2 Å². The van der Waals surface area contributed by atoms with E-state index in [4.69, 9.17) is 17.0 Å². The summed E-state index contributed by atoms with van der Waals surface area (Å²) in [5.74, 6) is 0.130. The molecule has 7 nitrogen and oxygen atoms in total. The van der Waals surface area contributed by atoms with Crippen molar-refractivity contribution in [3.8, 4) is 5.75 Å². The molecular weight excluding hydrogens is 526 g/mol. The third-order valence-electron chi connectivity index (χ3n) is 4.49. The largest absolute Gasteiger partial charge is 0.484 e. The molecule has 0 aromatic heterocycles. The van der Waals surface area contributed by atoms with Crippen LogP contribution in [0, 0.1) is 13.8 Å². The van der Waals surface area contributed by atoms with Gasteiger partial charge in [-0.25, -0.2) is 8.42 Å². The molecule has 0 heterocycles. The van der Waals surface area contributed by atoms with Crippen LogP contribution >= 0.6 is 28.1 Å². The number of thiocarbonyl (C=S) groups is 1. The normalized spacial score (nSPS) is 10.9. The molecule has 3 rings (SSSR count). The highest BCUT2D eigenvalue weighted by molar-refractivity contribution is 9.10. The van der Waals surface area contributed by atoms with Crippen molar-refractivity contribution in [3.63, 3.8) is 0 Å². The molecule has 0 aliphatic carbocycles. The van der Waals surface area contributed by atoms with Crippen molar-refractivity contribution in [1.29, 1.82) is 0 Å². The van der Waals surface area contributed by atoms with Gasteiger partial charge >= 0.3 is 0 Å². The number of carbonyl (C=O) groups excluding carboxylic acids is 1. The first-order valence-electron chi connectivity index (χ1n) is 9.82. The molecule has 0 aliphatic rings. The summed E-state index contributed by atoms with van der Waals surface area (Å²) in [5.41, 5.74) is 2.94. The van der Waals surface area contributed by atoms with E-state index in [1.165, 1.54) is 12.1 Å². The third kappa shape index (κ3) is 7.28. The number of nitrogens with one attached hydrogen (secondary N) is 3. The van der Waals surface area contributed by atoms with Crippen LogP contribution < -0.4 is 20.1 Å². The van der Waals surface area contributed by atoms with E-state index in [-0.39, 0.29) is 16.6 Å². The highest BCUT2D eigenvalue weighted by Gasteiger charge is 2.15. The molecule has 33 heavy (non-hydrogen) atoms. The van der Waals surface area contributed by atoms with Crippen molar-refractivity contribution in [1.82, 2.24) is 5.32 Å². The first-order chi connectivity index (χ1) is 15.6. The van der Waals surface area contributed by atoms with Gasteiger partial charge in [0.1, 0.15) is 5.75 Å². The predicted octanol–water partition coefficient (Wildman–Crippen LogP) is 4.76. The first-order valence-corrected chi connectivity index (χ1v) is 12.5. The molecule has 0 bridgehead atoms. The van der Waals surface area contributed by atoms with Crippen LogP contribution in [0.3, 0.4) is 0 Å². The van der Waals surface area contributed by atoms with Gasteiger partial charge in [0, 0.05) is 10.2 Å². The molecule has 0 atom stereocenters. The zero-order valence-electron chi connectivity index (χ0n) is 17.9. The molecular formula is C23H22BrN3O4S2. The molecule has 1 amide bonds. The summed E-state index contributed by atoms with van der Waals surface area (Å²) in [7, 11) is -3.75. The maximum Gasteiger partial charge on any atom is 0.264 e. The SMILES string of the molecule is Cc1ccc(NS(=O)(=O)c2ccc(NC(=S)NC(=O)COc3ccc(Br)cc3)cc2)c(C)c1. The van der Waals surface area contributed by atoms with Crippen LogP contribution in [0.2, 0.25) is 0 Å². The average molecular weight is 548 g/mol. The topological polar surface area (TPSA) is 96.5 Å². The number of hydrogen-bond donors (Lipinski definition) is 3. The minimum atomic E-state index is -3.75. The van der Waals surface area contributed by atoms with Gasteiger partial charge in [-0.2, -0.15) is 0 Å². The molecule has 0 aliphatic heterocycles. The quantitative estimate of drug-likeness (QED) is 0.369. The van der Waals surface area contributed by atoms with Crippen molar-refractivity contribution in [2.24, 2.45) is 0 Å². The van der Waals surface area contributed by atoms with Gasteiger partial charge in [-0.05, 0) is 86.2 Å². The first kappa shape index (κ1) is 24.7. The van der Waals surface area contributed by atoms with E-state index in [1.54, 1.807) is 42.5 Å². The number of rotatable bonds is 7. The fraction of sp³-hybridized carbons (Fsp3) is 0.130. The van der Waals surface area contributed by atoms with Crippen LogP contribution in [-0.4, -0.2) is 26.0 Å². The summed E-state index contributed by atoms with van der Waals surface area (Å²) in [6.07, 6.45) is 0. The highest BCUT2D eigenvalue weighted by atomic mass is 79.9. The van der Waals surface area contributed by atoms with Gasteiger partial charge in [-0.3, -0.25) is 14.8 Å². The Morgan fingerprint density at radius 1 is 1.00 bits per heavy atom. The second-order valence-corrected chi connectivity index (χ2v) is 10.2. The minimum Gasteiger partial charge on any atom is -0.484 e. The van der Waals surface area contributed by atoms with E-state index in [0.29, 0.717) is 17.1 Å². The van der Waals surface area contributed by atoms with E-state index in [0.717, 1.165) is 15.6 Å². The summed E-state index contributed by atoms with van der Waals surface area (Å²) in [6.45, 7) is 3.58. The summed E-state index contributed by atoms with van der Waals surface area (Å²) in [6, 6.07) is 18.6. The number of sulfonamides is 1. The lowest BCUT2D eigenvalue weighted by molar-refractivity contribution is -0.121. The molecule has 10 heteroatoms. The highest BCUT2D eigenvalue weighted by Crippen LogP contribution is 2.22. The molecule has 0 unspecified atom stereocenters. The van der Waals surface area contributed by atoms with Gasteiger partial charge in [0.2, 0.25) is 0 Å². The summed E-state index contributed by atoms with van der Waals surface area (Å²) < 4.78 is 34.3. The number of halogens is 1. The summed E-state index contributed by atoms with van der Waals surface area (Å²) in [4.78, 5) is 12.1. The second kappa shape index (κ2) is 10.8. The Morgan fingerprint density at radius 2 is 1.67 bits per heavy atom. The Morgan fingerprint density at radius 3 is 2.30 bits per heavy atom. The van der Waals surface area contributed by atoms with Crippen LogP contribution in [0.15, 0.2) is 76.1 Å². The van der Waals surface area contributed by atoms with Crippen molar-refractivity contribution < 1.29 is 17.9 Å². The lowest BCUT2D eigenvalue weighted by atomic mass is 10.1. The molecule has 0 saturated carbocycles. The molecule has 3 aromatic rings. The number of amides is 1. The standard InChI is InChI=1S/C23H22BrN3O4S2/c1-15-3-12-21(16(2)13-15)27-33(29,30)20-10-6-18(7-11-20)25-23(32)26-22(28)14-31-19-8-4-17(24)5-9-19/h3-13,27H,14H2,1-2H3,(H2,25,26,28,32). The number of anilines is 2. The number of benzene rings is 3. The maximum absolute atomic E-state index is 12.7. The molecule has 3 aromatic carbocycles. The van der Waals surface area contributed by atoms with Gasteiger partial charge in [-0.1, -0.05) is 33.6 Å². The van der Waals surface area contributed by atoms with Crippen molar-refractivity contribution in [2.75, 3.05) is 16.6 Å². The Kier molecular flexibility index (Phi) is 8.06. The summed E-state index contributed by atoms with van der Waals surface area (Å²) in [5, 5.41) is 5.43. The minimum absolute atomic E-state index is 0.0726. The molecule has 3 N–H and O–H groups in total. The van der Waals surface area contributed by atoms with Crippen LogP contribution in [0.1, 0.15) is 11.1 Å².